The molecular weight excluding hydrogens is 364 g/mol. The molecule has 1 saturated heterocycles. The van der Waals surface area contributed by atoms with E-state index < -0.39 is 0 Å². The molecule has 0 atom stereocenters. The van der Waals surface area contributed by atoms with E-state index in [1.165, 1.54) is 0 Å². The van der Waals surface area contributed by atoms with Crippen LogP contribution in [0, 0.1) is 0 Å². The van der Waals surface area contributed by atoms with Gasteiger partial charge in [0, 0.05) is 10.6 Å². The summed E-state index contributed by atoms with van der Waals surface area (Å²) in [6.45, 7) is 7.50. The molecule has 0 saturated carbocycles. The first kappa shape index (κ1) is 20.0. The highest BCUT2D eigenvalue weighted by molar-refractivity contribution is 6.31. The third-order valence-corrected chi connectivity index (χ3v) is 5.25. The summed E-state index contributed by atoms with van der Waals surface area (Å²) in [5, 5.41) is 3.05. The average Bonchev–Trinajstić information content (AvgIpc) is 2.71. The smallest absolute Gasteiger partial charge is 0.170 e. The van der Waals surface area contributed by atoms with E-state index in [0.717, 1.165) is 68.6 Å². The molecule has 1 aliphatic heterocycles. The SMILES string of the molecule is COc1cccc(C[NH2+]CC[NH+]2CCOCC2)c1OCc1ccccc1Cl. The van der Waals surface area contributed by atoms with Gasteiger partial charge >= 0.3 is 0 Å². The Kier molecular flexibility index (Phi) is 7.78. The van der Waals surface area contributed by atoms with Crippen LogP contribution in [0.1, 0.15) is 11.1 Å². The number of hydrogen-bond acceptors (Lipinski definition) is 3. The lowest BCUT2D eigenvalue weighted by Gasteiger charge is -2.23. The third kappa shape index (κ3) is 5.84. The van der Waals surface area contributed by atoms with Crippen LogP contribution in [0.25, 0.3) is 0 Å². The molecule has 2 aromatic rings. The van der Waals surface area contributed by atoms with Gasteiger partial charge in [0.05, 0.1) is 25.9 Å². The molecular formula is C21H29ClN2O3+2. The highest BCUT2D eigenvalue weighted by Crippen LogP contribution is 2.32. The van der Waals surface area contributed by atoms with Crippen LogP contribution in [0.3, 0.4) is 0 Å². The summed E-state index contributed by atoms with van der Waals surface area (Å²) in [4.78, 5) is 1.62. The molecule has 0 unspecified atom stereocenters. The van der Waals surface area contributed by atoms with Gasteiger partial charge in [-0.25, -0.2) is 0 Å². The molecule has 0 aliphatic carbocycles. The Balaban J connectivity index is 1.58. The zero-order chi connectivity index (χ0) is 18.9. The van der Waals surface area contributed by atoms with Crippen LogP contribution in [0.2, 0.25) is 5.02 Å². The highest BCUT2D eigenvalue weighted by Gasteiger charge is 2.16. The lowest BCUT2D eigenvalue weighted by atomic mass is 10.1. The molecule has 1 heterocycles. The van der Waals surface area contributed by atoms with Gasteiger partial charge in [-0.15, -0.1) is 0 Å². The quantitative estimate of drug-likeness (QED) is 0.623. The van der Waals surface area contributed by atoms with Crippen LogP contribution in [0.15, 0.2) is 42.5 Å². The zero-order valence-electron chi connectivity index (χ0n) is 15.9. The molecule has 0 bridgehead atoms. The van der Waals surface area contributed by atoms with E-state index in [1.54, 1.807) is 12.0 Å². The summed E-state index contributed by atoms with van der Waals surface area (Å²) in [6, 6.07) is 13.8. The molecule has 0 amide bonds. The summed E-state index contributed by atoms with van der Waals surface area (Å²) < 4.78 is 17.1. The predicted octanol–water partition coefficient (Wildman–Crippen LogP) is 0.906. The Morgan fingerprint density at radius 3 is 2.63 bits per heavy atom. The summed E-state index contributed by atoms with van der Waals surface area (Å²) in [5.41, 5.74) is 2.11. The van der Waals surface area contributed by atoms with Gasteiger partial charge in [-0.2, -0.15) is 0 Å². The number of ether oxygens (including phenoxy) is 3. The van der Waals surface area contributed by atoms with Crippen LogP contribution in [0.4, 0.5) is 0 Å². The fraction of sp³-hybridized carbons (Fsp3) is 0.429. The number of nitrogens with two attached hydrogens (primary N) is 1. The van der Waals surface area contributed by atoms with E-state index in [4.69, 9.17) is 25.8 Å². The van der Waals surface area contributed by atoms with E-state index in [1.807, 2.05) is 36.4 Å². The number of quaternary nitrogens is 2. The van der Waals surface area contributed by atoms with Crippen LogP contribution in [-0.2, 0) is 17.9 Å². The normalized spacial score (nSPS) is 14.9. The summed E-state index contributed by atoms with van der Waals surface area (Å²) >= 11 is 6.25. The number of methoxy groups -OCH3 is 1. The molecule has 0 spiro atoms. The zero-order valence-corrected chi connectivity index (χ0v) is 16.6. The van der Waals surface area contributed by atoms with Crippen LogP contribution < -0.4 is 19.7 Å². The predicted molar refractivity (Wildman–Crippen MR) is 106 cm³/mol. The first-order valence-corrected chi connectivity index (χ1v) is 9.91. The summed E-state index contributed by atoms with van der Waals surface area (Å²) in [6.07, 6.45) is 0. The Morgan fingerprint density at radius 1 is 1.07 bits per heavy atom. The second-order valence-electron chi connectivity index (χ2n) is 6.72. The average molecular weight is 393 g/mol. The monoisotopic (exact) mass is 392 g/mol. The highest BCUT2D eigenvalue weighted by atomic mass is 35.5. The second kappa shape index (κ2) is 10.5. The van der Waals surface area contributed by atoms with E-state index in [2.05, 4.69) is 11.4 Å². The lowest BCUT2D eigenvalue weighted by molar-refractivity contribution is -0.920. The topological polar surface area (TPSA) is 48.7 Å². The molecule has 5 nitrogen and oxygen atoms in total. The van der Waals surface area contributed by atoms with Gasteiger partial charge in [-0.05, 0) is 18.2 Å². The Labute approximate surface area is 166 Å². The first-order valence-electron chi connectivity index (χ1n) is 9.53. The third-order valence-electron chi connectivity index (χ3n) is 4.88. The molecule has 3 N–H and O–H groups in total. The number of nitrogens with one attached hydrogen (secondary N) is 1. The minimum Gasteiger partial charge on any atom is -0.493 e. The standard InChI is InChI=1S/C21H27ClN2O3/c1-25-20-8-4-6-17(15-23-9-10-24-11-13-26-14-12-24)21(20)27-16-18-5-2-3-7-19(18)22/h2-8,23H,9-16H2,1H3/p+2. The lowest BCUT2D eigenvalue weighted by Crippen LogP contribution is -3.16. The van der Waals surface area contributed by atoms with Crippen molar-refractivity contribution in [2.75, 3.05) is 46.5 Å². The van der Waals surface area contributed by atoms with Gasteiger partial charge < -0.3 is 24.4 Å². The van der Waals surface area contributed by atoms with E-state index >= 15 is 0 Å². The van der Waals surface area contributed by atoms with Gasteiger partial charge in [-0.1, -0.05) is 35.9 Å². The van der Waals surface area contributed by atoms with Crippen molar-refractivity contribution >= 4 is 11.6 Å². The van der Waals surface area contributed by atoms with Crippen LogP contribution >= 0.6 is 11.6 Å². The number of morpholine rings is 1. The van der Waals surface area contributed by atoms with Crippen molar-refractivity contribution in [3.63, 3.8) is 0 Å². The number of halogens is 1. The maximum absolute atomic E-state index is 6.25. The molecule has 6 heteroatoms. The molecule has 0 aromatic heterocycles. The van der Waals surface area contributed by atoms with Crippen molar-refractivity contribution < 1.29 is 24.4 Å². The number of rotatable bonds is 9. The fourth-order valence-corrected chi connectivity index (χ4v) is 3.48. The Morgan fingerprint density at radius 2 is 1.85 bits per heavy atom. The molecule has 146 valence electrons. The summed E-state index contributed by atoms with van der Waals surface area (Å²) in [5.74, 6) is 1.56. The summed E-state index contributed by atoms with van der Waals surface area (Å²) in [7, 11) is 1.67. The Bertz CT molecular complexity index is 720. The first-order chi connectivity index (χ1) is 13.3. The molecule has 3 rings (SSSR count). The van der Waals surface area contributed by atoms with Crippen molar-refractivity contribution in [1.29, 1.82) is 0 Å². The van der Waals surface area contributed by atoms with Crippen molar-refractivity contribution in [3.05, 3.63) is 58.6 Å². The van der Waals surface area contributed by atoms with Crippen molar-refractivity contribution in [2.24, 2.45) is 0 Å². The molecule has 2 aromatic carbocycles. The van der Waals surface area contributed by atoms with E-state index in [0.29, 0.717) is 11.6 Å². The second-order valence-corrected chi connectivity index (χ2v) is 7.13. The molecule has 1 aliphatic rings. The minimum atomic E-state index is 0.422. The number of para-hydroxylation sites is 1. The van der Waals surface area contributed by atoms with E-state index in [-0.39, 0.29) is 0 Å². The maximum atomic E-state index is 6.25. The number of benzene rings is 2. The van der Waals surface area contributed by atoms with Gasteiger partial charge in [-0.3, -0.25) is 0 Å². The largest absolute Gasteiger partial charge is 0.493 e. The molecule has 27 heavy (non-hydrogen) atoms. The molecule has 1 fully saturated rings. The van der Waals surface area contributed by atoms with Crippen LogP contribution in [-0.4, -0.2) is 46.5 Å². The minimum absolute atomic E-state index is 0.422. The van der Waals surface area contributed by atoms with Crippen molar-refractivity contribution in [2.45, 2.75) is 13.2 Å². The van der Waals surface area contributed by atoms with Gasteiger partial charge in [0.15, 0.2) is 11.5 Å². The van der Waals surface area contributed by atoms with Crippen LogP contribution in [0.5, 0.6) is 11.5 Å². The van der Waals surface area contributed by atoms with E-state index in [9.17, 15) is 0 Å². The Hall–Kier alpha value is -1.79. The van der Waals surface area contributed by atoms with Gasteiger partial charge in [0.25, 0.3) is 0 Å². The van der Waals surface area contributed by atoms with Gasteiger partial charge in [0.2, 0.25) is 0 Å². The maximum Gasteiger partial charge on any atom is 0.170 e. The fourth-order valence-electron chi connectivity index (χ4n) is 3.29. The number of hydrogen-bond donors (Lipinski definition) is 2. The molecule has 0 radical (unpaired) electrons. The van der Waals surface area contributed by atoms with Gasteiger partial charge in [0.1, 0.15) is 39.3 Å². The van der Waals surface area contributed by atoms with Crippen molar-refractivity contribution in [1.82, 2.24) is 0 Å². The van der Waals surface area contributed by atoms with Crippen molar-refractivity contribution in [3.8, 4) is 11.5 Å².